The SMILES string of the molecule is Cc1cc(Cl)ccc1OCc1ccc(NN)nc1. The van der Waals surface area contributed by atoms with Gasteiger partial charge in [-0.3, -0.25) is 0 Å². The highest BCUT2D eigenvalue weighted by Crippen LogP contribution is 2.22. The van der Waals surface area contributed by atoms with Crippen molar-refractivity contribution in [2.75, 3.05) is 5.43 Å². The summed E-state index contributed by atoms with van der Waals surface area (Å²) in [5.74, 6) is 6.69. The van der Waals surface area contributed by atoms with Gasteiger partial charge in [0.1, 0.15) is 18.2 Å². The van der Waals surface area contributed by atoms with Crippen LogP contribution < -0.4 is 16.0 Å². The number of benzene rings is 1. The summed E-state index contributed by atoms with van der Waals surface area (Å²) in [5, 5.41) is 0.708. The Bertz CT molecular complexity index is 528. The van der Waals surface area contributed by atoms with Crippen molar-refractivity contribution in [3.63, 3.8) is 0 Å². The van der Waals surface area contributed by atoms with Gasteiger partial charge in [0.05, 0.1) is 0 Å². The Morgan fingerprint density at radius 2 is 2.17 bits per heavy atom. The zero-order chi connectivity index (χ0) is 13.0. The molecule has 0 fully saturated rings. The van der Waals surface area contributed by atoms with Gasteiger partial charge in [0.25, 0.3) is 0 Å². The van der Waals surface area contributed by atoms with Crippen molar-refractivity contribution in [3.8, 4) is 5.75 Å². The highest BCUT2D eigenvalue weighted by Gasteiger charge is 2.01. The van der Waals surface area contributed by atoms with Crippen molar-refractivity contribution in [3.05, 3.63) is 52.7 Å². The topological polar surface area (TPSA) is 60.2 Å². The molecule has 0 aliphatic rings. The largest absolute Gasteiger partial charge is 0.489 e. The van der Waals surface area contributed by atoms with E-state index < -0.39 is 0 Å². The number of hydrogen-bond acceptors (Lipinski definition) is 4. The third-order valence-electron chi connectivity index (χ3n) is 2.50. The quantitative estimate of drug-likeness (QED) is 0.658. The van der Waals surface area contributed by atoms with Crippen LogP contribution in [0.4, 0.5) is 5.82 Å². The van der Waals surface area contributed by atoms with E-state index in [2.05, 4.69) is 10.4 Å². The van der Waals surface area contributed by atoms with Crippen LogP contribution in [0.25, 0.3) is 0 Å². The van der Waals surface area contributed by atoms with Gasteiger partial charge in [0.15, 0.2) is 0 Å². The van der Waals surface area contributed by atoms with Gasteiger partial charge in [0, 0.05) is 16.8 Å². The molecule has 5 heteroatoms. The van der Waals surface area contributed by atoms with Crippen LogP contribution in [0.1, 0.15) is 11.1 Å². The van der Waals surface area contributed by atoms with Crippen molar-refractivity contribution in [2.24, 2.45) is 5.84 Å². The number of halogens is 1. The Kier molecular flexibility index (Phi) is 4.02. The lowest BCUT2D eigenvalue weighted by atomic mass is 10.2. The summed E-state index contributed by atoms with van der Waals surface area (Å²) < 4.78 is 5.70. The first-order valence-electron chi connectivity index (χ1n) is 5.49. The first kappa shape index (κ1) is 12.7. The molecule has 4 nitrogen and oxygen atoms in total. The fraction of sp³-hybridized carbons (Fsp3) is 0.154. The highest BCUT2D eigenvalue weighted by atomic mass is 35.5. The first-order valence-corrected chi connectivity index (χ1v) is 5.87. The summed E-state index contributed by atoms with van der Waals surface area (Å²) in [4.78, 5) is 4.11. The van der Waals surface area contributed by atoms with Gasteiger partial charge in [-0.1, -0.05) is 17.7 Å². The minimum atomic E-state index is 0.459. The number of nitrogen functional groups attached to an aromatic ring is 1. The van der Waals surface area contributed by atoms with Gasteiger partial charge >= 0.3 is 0 Å². The van der Waals surface area contributed by atoms with Crippen LogP contribution in [0.5, 0.6) is 5.75 Å². The molecule has 0 aliphatic carbocycles. The second-order valence-corrected chi connectivity index (χ2v) is 4.33. The molecule has 0 amide bonds. The monoisotopic (exact) mass is 263 g/mol. The van der Waals surface area contributed by atoms with E-state index in [9.17, 15) is 0 Å². The Morgan fingerprint density at radius 3 is 2.78 bits per heavy atom. The van der Waals surface area contributed by atoms with Crippen molar-refractivity contribution >= 4 is 17.4 Å². The molecule has 94 valence electrons. The second-order valence-electron chi connectivity index (χ2n) is 3.89. The maximum atomic E-state index is 5.88. The normalized spacial score (nSPS) is 10.2. The third kappa shape index (κ3) is 3.12. The summed E-state index contributed by atoms with van der Waals surface area (Å²) in [7, 11) is 0. The number of nitrogens with one attached hydrogen (secondary N) is 1. The van der Waals surface area contributed by atoms with Crippen molar-refractivity contribution < 1.29 is 4.74 Å². The number of nitrogens with two attached hydrogens (primary N) is 1. The van der Waals surface area contributed by atoms with Gasteiger partial charge in [-0.15, -0.1) is 0 Å². The van der Waals surface area contributed by atoms with Crippen molar-refractivity contribution in [1.29, 1.82) is 0 Å². The molecule has 1 heterocycles. The third-order valence-corrected chi connectivity index (χ3v) is 2.74. The maximum Gasteiger partial charge on any atom is 0.139 e. The van der Waals surface area contributed by atoms with E-state index >= 15 is 0 Å². The average molecular weight is 264 g/mol. The molecule has 0 aliphatic heterocycles. The Balaban J connectivity index is 2.02. The highest BCUT2D eigenvalue weighted by molar-refractivity contribution is 6.30. The summed E-state index contributed by atoms with van der Waals surface area (Å²) in [6, 6.07) is 9.25. The molecule has 3 N–H and O–H groups in total. The van der Waals surface area contributed by atoms with Gasteiger partial charge in [-0.25, -0.2) is 10.8 Å². The number of anilines is 1. The number of pyridine rings is 1. The molecule has 0 spiro atoms. The van der Waals surface area contributed by atoms with E-state index in [4.69, 9.17) is 22.2 Å². The predicted octanol–water partition coefficient (Wildman–Crippen LogP) is 2.91. The molecule has 0 atom stereocenters. The predicted molar refractivity (Wildman–Crippen MR) is 72.6 cm³/mol. The average Bonchev–Trinajstić information content (AvgIpc) is 2.38. The van der Waals surface area contributed by atoms with Gasteiger partial charge in [-0.05, 0) is 36.8 Å². The molecule has 18 heavy (non-hydrogen) atoms. The molecule has 0 bridgehead atoms. The van der Waals surface area contributed by atoms with E-state index in [0.29, 0.717) is 17.4 Å². The fourth-order valence-corrected chi connectivity index (χ4v) is 1.76. The van der Waals surface area contributed by atoms with E-state index in [1.165, 1.54) is 0 Å². The number of hydrazine groups is 1. The lowest BCUT2D eigenvalue weighted by Crippen LogP contribution is -2.08. The molecule has 0 saturated carbocycles. The molecule has 0 radical (unpaired) electrons. The summed E-state index contributed by atoms with van der Waals surface area (Å²) in [6.07, 6.45) is 1.72. The number of hydrogen-bond donors (Lipinski definition) is 2. The molecule has 1 aromatic heterocycles. The molecular formula is C13H14ClN3O. The van der Waals surface area contributed by atoms with Gasteiger partial charge in [0.2, 0.25) is 0 Å². The minimum absolute atomic E-state index is 0.459. The van der Waals surface area contributed by atoms with Crippen LogP contribution in [0.2, 0.25) is 5.02 Å². The van der Waals surface area contributed by atoms with Crippen LogP contribution >= 0.6 is 11.6 Å². The lowest BCUT2D eigenvalue weighted by molar-refractivity contribution is 0.303. The molecule has 0 unspecified atom stereocenters. The zero-order valence-electron chi connectivity index (χ0n) is 9.98. The Morgan fingerprint density at radius 1 is 1.33 bits per heavy atom. The van der Waals surface area contributed by atoms with Crippen LogP contribution in [0, 0.1) is 6.92 Å². The number of aryl methyl sites for hydroxylation is 1. The van der Waals surface area contributed by atoms with Crippen LogP contribution in [0.3, 0.4) is 0 Å². The second kappa shape index (κ2) is 5.71. The molecule has 2 aromatic rings. The summed E-state index contributed by atoms with van der Waals surface area (Å²) >= 11 is 5.88. The zero-order valence-corrected chi connectivity index (χ0v) is 10.7. The summed E-state index contributed by atoms with van der Waals surface area (Å²) in [6.45, 7) is 2.42. The molecular weight excluding hydrogens is 250 g/mol. The molecule has 1 aromatic carbocycles. The van der Waals surface area contributed by atoms with E-state index in [1.54, 1.807) is 12.3 Å². The van der Waals surface area contributed by atoms with E-state index in [-0.39, 0.29) is 0 Å². The lowest BCUT2D eigenvalue weighted by Gasteiger charge is -2.09. The van der Waals surface area contributed by atoms with Crippen molar-refractivity contribution in [2.45, 2.75) is 13.5 Å². The Hall–Kier alpha value is -1.78. The maximum absolute atomic E-state index is 5.88. The smallest absolute Gasteiger partial charge is 0.139 e. The minimum Gasteiger partial charge on any atom is -0.489 e. The van der Waals surface area contributed by atoms with E-state index in [0.717, 1.165) is 16.9 Å². The first-order chi connectivity index (χ1) is 8.69. The fourth-order valence-electron chi connectivity index (χ4n) is 1.53. The van der Waals surface area contributed by atoms with Crippen molar-refractivity contribution in [1.82, 2.24) is 4.98 Å². The summed E-state index contributed by atoms with van der Waals surface area (Å²) in [5.41, 5.74) is 4.46. The number of aromatic nitrogens is 1. The number of nitrogens with zero attached hydrogens (tertiary/aromatic N) is 1. The molecule has 0 saturated heterocycles. The van der Waals surface area contributed by atoms with Gasteiger partial charge < -0.3 is 10.2 Å². The van der Waals surface area contributed by atoms with Gasteiger partial charge in [-0.2, -0.15) is 0 Å². The van der Waals surface area contributed by atoms with Crippen LogP contribution in [-0.2, 0) is 6.61 Å². The number of rotatable bonds is 4. The van der Waals surface area contributed by atoms with Crippen LogP contribution in [-0.4, -0.2) is 4.98 Å². The molecule has 2 rings (SSSR count). The van der Waals surface area contributed by atoms with E-state index in [1.807, 2.05) is 31.2 Å². The van der Waals surface area contributed by atoms with Crippen LogP contribution in [0.15, 0.2) is 36.5 Å². The number of ether oxygens (including phenoxy) is 1. The Labute approximate surface area is 111 Å². The standard InChI is InChI=1S/C13H14ClN3O/c1-9-6-11(14)3-4-12(9)18-8-10-2-5-13(17-15)16-7-10/h2-7H,8,15H2,1H3,(H,16,17).